The van der Waals surface area contributed by atoms with Gasteiger partial charge in [0.05, 0.1) is 5.69 Å². The highest BCUT2D eigenvalue weighted by atomic mass is 15.1. The van der Waals surface area contributed by atoms with Crippen LogP contribution in [0.4, 0.5) is 17.1 Å². The molecule has 1 nitrogen and oxygen atoms in total. The Bertz CT molecular complexity index is 4810. The summed E-state index contributed by atoms with van der Waals surface area (Å²) >= 11 is 0. The van der Waals surface area contributed by atoms with Gasteiger partial charge < -0.3 is 4.90 Å². The van der Waals surface area contributed by atoms with E-state index in [9.17, 15) is 0 Å². The highest BCUT2D eigenvalue weighted by Crippen LogP contribution is 2.60. The summed E-state index contributed by atoms with van der Waals surface area (Å²) in [5, 5.41) is 10.5. The van der Waals surface area contributed by atoms with Gasteiger partial charge in [-0.2, -0.15) is 0 Å². The number of benzene rings is 13. The fraction of sp³-hybridized carbons (Fsp3) is 0.227. The number of hydrogen-bond acceptors (Lipinski definition) is 1. The van der Waals surface area contributed by atoms with Crippen molar-refractivity contribution in [3.8, 4) is 66.8 Å². The zero-order valence-electron chi connectivity index (χ0n) is 53.0. The summed E-state index contributed by atoms with van der Waals surface area (Å²) < 4.78 is 0. The first-order valence-electron chi connectivity index (χ1n) is 33.6. The van der Waals surface area contributed by atoms with Gasteiger partial charge in [-0.05, 0) is 255 Å². The van der Waals surface area contributed by atoms with E-state index >= 15 is 0 Å². The predicted octanol–water partition coefficient (Wildman–Crippen LogP) is 24.9. The van der Waals surface area contributed by atoms with Crippen molar-refractivity contribution in [2.75, 3.05) is 4.90 Å². The van der Waals surface area contributed by atoms with Crippen molar-refractivity contribution >= 4 is 60.2 Å². The molecule has 89 heavy (non-hydrogen) atoms. The lowest BCUT2D eigenvalue weighted by Crippen LogP contribution is -2.24. The van der Waals surface area contributed by atoms with Gasteiger partial charge in [0.2, 0.25) is 0 Å². The quantitative estimate of drug-likeness (QED) is 0.0821. The lowest BCUT2D eigenvalue weighted by atomic mass is 9.72. The second-order valence-electron chi connectivity index (χ2n) is 26.7. The van der Waals surface area contributed by atoms with Gasteiger partial charge in [-0.1, -0.05) is 225 Å². The van der Waals surface area contributed by atoms with E-state index in [1.165, 1.54) is 171 Å². The van der Waals surface area contributed by atoms with Crippen LogP contribution in [0.2, 0.25) is 0 Å². The predicted molar refractivity (Wildman–Crippen MR) is 380 cm³/mol. The van der Waals surface area contributed by atoms with Crippen LogP contribution in [-0.2, 0) is 21.7 Å². The molecule has 0 spiro atoms. The summed E-state index contributed by atoms with van der Waals surface area (Å²) in [6.07, 6.45) is 8.34. The Morgan fingerprint density at radius 1 is 0.236 bits per heavy atom. The third kappa shape index (κ3) is 7.03. The molecule has 0 atom stereocenters. The molecule has 0 bridgehead atoms. The molecule has 4 aliphatic carbocycles. The van der Waals surface area contributed by atoms with E-state index in [0.29, 0.717) is 0 Å². The van der Waals surface area contributed by atoms with Gasteiger partial charge in [0.1, 0.15) is 0 Å². The van der Waals surface area contributed by atoms with E-state index in [1.807, 2.05) is 0 Å². The zero-order chi connectivity index (χ0) is 60.3. The van der Waals surface area contributed by atoms with E-state index in [0.717, 1.165) is 51.4 Å². The summed E-state index contributed by atoms with van der Waals surface area (Å²) in [7, 11) is 0. The molecule has 0 saturated heterocycles. The molecule has 0 unspecified atom stereocenters. The monoisotopic (exact) mass is 1150 g/mol. The van der Waals surface area contributed by atoms with Crippen molar-refractivity contribution in [2.24, 2.45) is 0 Å². The Labute approximate surface area is 526 Å². The molecule has 0 fully saturated rings. The van der Waals surface area contributed by atoms with E-state index in [-0.39, 0.29) is 21.7 Å². The molecule has 1 heteroatoms. The Balaban J connectivity index is 0.828. The third-order valence-corrected chi connectivity index (χ3v) is 24.0. The highest BCUT2D eigenvalue weighted by molar-refractivity contribution is 6.34. The summed E-state index contributed by atoms with van der Waals surface area (Å²) in [6, 6.07) is 88.7. The van der Waals surface area contributed by atoms with Crippen molar-refractivity contribution in [1.82, 2.24) is 0 Å². The second kappa shape index (κ2) is 19.7. The number of fused-ring (bicyclic) bond motifs is 14. The van der Waals surface area contributed by atoms with Crippen molar-refractivity contribution in [3.05, 3.63) is 269 Å². The maximum absolute atomic E-state index is 2.64. The van der Waals surface area contributed by atoms with Gasteiger partial charge in [0, 0.05) is 38.4 Å². The Morgan fingerprint density at radius 3 is 0.933 bits per heavy atom. The maximum Gasteiger partial charge on any atom is 0.0540 e. The summed E-state index contributed by atoms with van der Waals surface area (Å²) in [6.45, 7) is 19.2. The van der Waals surface area contributed by atoms with Crippen LogP contribution < -0.4 is 4.90 Å². The lowest BCUT2D eigenvalue weighted by Gasteiger charge is -2.34. The summed E-state index contributed by atoms with van der Waals surface area (Å²) in [4.78, 5) is 2.64. The first-order valence-corrected chi connectivity index (χ1v) is 33.6. The minimum Gasteiger partial charge on any atom is -0.310 e. The highest BCUT2D eigenvalue weighted by Gasteiger charge is 2.46. The van der Waals surface area contributed by atoms with Crippen molar-refractivity contribution in [1.29, 1.82) is 0 Å². The number of nitrogens with zero attached hydrogens (tertiary/aromatic N) is 1. The summed E-state index contributed by atoms with van der Waals surface area (Å²) in [5.74, 6) is 0. The SMILES string of the molecule is CCC1(CC)c2ccccc2-c2ccc(-c3ccc4c(c3)C(CC)(CC)c3cc(N(c5ccc6c(c5)C(CC)(CC)c5cc(-c7ccc8c(c7)C(CC)(CC)c7ccccc7-8)ccc5-6)c5ccc6c7cccc8cccc(c9cccc5c96)c87)ccc3-4)cc21. The average molecular weight is 1150 g/mol. The normalized spacial score (nSPS) is 15.5. The molecule has 0 saturated carbocycles. The summed E-state index contributed by atoms with van der Waals surface area (Å²) in [5.41, 5.74) is 31.3. The smallest absolute Gasteiger partial charge is 0.0540 e. The number of rotatable bonds is 13. The van der Waals surface area contributed by atoms with Crippen molar-refractivity contribution < 1.29 is 0 Å². The van der Waals surface area contributed by atoms with E-state index in [2.05, 4.69) is 285 Å². The molecule has 0 amide bonds. The van der Waals surface area contributed by atoms with E-state index in [4.69, 9.17) is 0 Å². The van der Waals surface area contributed by atoms with Crippen molar-refractivity contribution in [3.63, 3.8) is 0 Å². The molecule has 13 aromatic rings. The van der Waals surface area contributed by atoms with Crippen LogP contribution >= 0.6 is 0 Å². The van der Waals surface area contributed by atoms with Gasteiger partial charge in [0.25, 0.3) is 0 Å². The standard InChI is InChI=1S/C88H77N/c1-9-85(10-2)74-32-19-17-26-61(74)63-40-34-55(48-76(63)85)57-36-42-65-67-44-38-59(52-80(67)87(13-5,14-6)78(65)50-57)89(82-47-46-72-70-29-22-25-54-24-21-28-69(83(54)70)71-30-23-31-73(82)84(71)72)60-39-45-68-66-43-37-58(51-79(66)88(15-7,16-8)81(68)53-60)56-35-41-64-62-27-18-20-33-75(62)86(11-3,12-4)77(64)49-56/h17-53H,9-16H2,1-8H3. The molecule has 434 valence electrons. The van der Waals surface area contributed by atoms with Crippen LogP contribution in [0.3, 0.4) is 0 Å². The second-order valence-corrected chi connectivity index (χ2v) is 26.7. The molecular formula is C88H77N. The van der Waals surface area contributed by atoms with E-state index in [1.54, 1.807) is 0 Å². The molecule has 17 rings (SSSR count). The van der Waals surface area contributed by atoms with Gasteiger partial charge >= 0.3 is 0 Å². The van der Waals surface area contributed by atoms with E-state index < -0.39 is 0 Å². The molecule has 0 heterocycles. The zero-order valence-corrected chi connectivity index (χ0v) is 53.0. The van der Waals surface area contributed by atoms with Gasteiger partial charge in [-0.3, -0.25) is 0 Å². The van der Waals surface area contributed by atoms with Gasteiger partial charge in [0.15, 0.2) is 0 Å². The Kier molecular flexibility index (Phi) is 12.0. The maximum atomic E-state index is 2.64. The number of hydrogen-bond donors (Lipinski definition) is 0. The van der Waals surface area contributed by atoms with Crippen LogP contribution in [-0.4, -0.2) is 0 Å². The first kappa shape index (κ1) is 54.1. The topological polar surface area (TPSA) is 3.24 Å². The minimum atomic E-state index is -0.178. The minimum absolute atomic E-state index is 0.0195. The molecule has 0 radical (unpaired) electrons. The van der Waals surface area contributed by atoms with Crippen LogP contribution in [0.15, 0.2) is 224 Å². The van der Waals surface area contributed by atoms with Gasteiger partial charge in [-0.15, -0.1) is 0 Å². The largest absolute Gasteiger partial charge is 0.310 e. The van der Waals surface area contributed by atoms with Gasteiger partial charge in [-0.25, -0.2) is 0 Å². The number of anilines is 3. The third-order valence-electron chi connectivity index (χ3n) is 24.0. The first-order chi connectivity index (χ1) is 43.7. The molecule has 0 aliphatic heterocycles. The molecule has 0 aromatic heterocycles. The van der Waals surface area contributed by atoms with Crippen LogP contribution in [0, 0.1) is 0 Å². The Morgan fingerprint density at radius 2 is 0.539 bits per heavy atom. The van der Waals surface area contributed by atoms with Crippen LogP contribution in [0.5, 0.6) is 0 Å². The molecule has 13 aromatic carbocycles. The average Bonchev–Trinajstić information content (AvgIpc) is 1.72. The molecule has 4 aliphatic rings. The molecular weight excluding hydrogens is 1070 g/mol. The fourth-order valence-corrected chi connectivity index (χ4v) is 19.2. The fourth-order valence-electron chi connectivity index (χ4n) is 19.2. The van der Waals surface area contributed by atoms with Crippen molar-refractivity contribution in [2.45, 2.75) is 128 Å². The van der Waals surface area contributed by atoms with Crippen LogP contribution in [0.25, 0.3) is 110 Å². The van der Waals surface area contributed by atoms with Crippen LogP contribution in [0.1, 0.15) is 151 Å². The lowest BCUT2D eigenvalue weighted by molar-refractivity contribution is 0.490. The Hall–Kier alpha value is -9.04. The molecule has 0 N–H and O–H groups in total.